The number of anilines is 2. The normalized spacial score (nSPS) is 17.7. The van der Waals surface area contributed by atoms with Gasteiger partial charge in [0, 0.05) is 36.1 Å². The summed E-state index contributed by atoms with van der Waals surface area (Å²) < 4.78 is 5.43. The van der Waals surface area contributed by atoms with Crippen LogP contribution in [0.3, 0.4) is 0 Å². The lowest BCUT2D eigenvalue weighted by atomic mass is 10.1. The van der Waals surface area contributed by atoms with Crippen molar-refractivity contribution in [3.8, 4) is 0 Å². The van der Waals surface area contributed by atoms with E-state index in [0.717, 1.165) is 16.0 Å². The predicted octanol–water partition coefficient (Wildman–Crippen LogP) is -0.206. The van der Waals surface area contributed by atoms with E-state index < -0.39 is 42.4 Å². The zero-order valence-corrected chi connectivity index (χ0v) is 19.4. The zero-order chi connectivity index (χ0) is 26.0. The van der Waals surface area contributed by atoms with Crippen molar-refractivity contribution in [1.29, 1.82) is 0 Å². The molecule has 2 aliphatic heterocycles. The van der Waals surface area contributed by atoms with Gasteiger partial charge in [0.1, 0.15) is 12.4 Å². The van der Waals surface area contributed by atoms with E-state index in [1.54, 1.807) is 30.3 Å². The molecule has 188 valence electrons. The second-order valence-electron chi connectivity index (χ2n) is 8.39. The lowest BCUT2D eigenvalue weighted by Gasteiger charge is -2.34. The summed E-state index contributed by atoms with van der Waals surface area (Å²) in [4.78, 5) is 55.8. The Bertz CT molecular complexity index is 1260. The highest BCUT2D eigenvalue weighted by Crippen LogP contribution is 2.24. The van der Waals surface area contributed by atoms with Crippen molar-refractivity contribution in [2.24, 2.45) is 10.7 Å². The van der Waals surface area contributed by atoms with Crippen molar-refractivity contribution < 1.29 is 34.1 Å². The molecule has 0 aromatic heterocycles. The standard InChI is InChI=1S/C24H25N5O7/c1-28(12-18(30)31)23(34)13-3-2-4-16(10-13)29-7-8-36-20(24(29)35)19(32)22(33)27-15-5-6-17-14(9-15)11-26-21(17)25/h2-6,9-10,19-20,32H,7-8,11-12H2,1H3,(H2,25,26)(H,27,33)(H,30,31). The monoisotopic (exact) mass is 495 g/mol. The predicted molar refractivity (Wildman–Crippen MR) is 129 cm³/mol. The summed E-state index contributed by atoms with van der Waals surface area (Å²) in [5.41, 5.74) is 8.37. The van der Waals surface area contributed by atoms with Crippen molar-refractivity contribution >= 4 is 40.9 Å². The third kappa shape index (κ3) is 5.04. The molecule has 0 bridgehead atoms. The Hall–Kier alpha value is -4.29. The number of nitrogens with two attached hydrogens (primary N) is 1. The number of amides is 3. The van der Waals surface area contributed by atoms with Gasteiger partial charge in [0.25, 0.3) is 17.7 Å². The fourth-order valence-corrected chi connectivity index (χ4v) is 4.05. The molecule has 2 aromatic carbocycles. The molecule has 12 nitrogen and oxygen atoms in total. The molecule has 36 heavy (non-hydrogen) atoms. The number of ether oxygens (including phenoxy) is 1. The van der Waals surface area contributed by atoms with Gasteiger partial charge in [-0.15, -0.1) is 0 Å². The number of aliphatic carboxylic acids is 1. The van der Waals surface area contributed by atoms with Crippen LogP contribution in [0.2, 0.25) is 0 Å². The van der Waals surface area contributed by atoms with Gasteiger partial charge >= 0.3 is 5.97 Å². The lowest BCUT2D eigenvalue weighted by Crippen LogP contribution is -2.55. The second-order valence-corrected chi connectivity index (χ2v) is 8.39. The molecule has 0 aliphatic carbocycles. The first kappa shape index (κ1) is 24.8. The molecule has 2 aliphatic rings. The molecule has 0 saturated carbocycles. The van der Waals surface area contributed by atoms with Crippen LogP contribution in [-0.4, -0.2) is 83.6 Å². The molecule has 2 atom stereocenters. The molecule has 0 radical (unpaired) electrons. The van der Waals surface area contributed by atoms with Crippen LogP contribution in [0.5, 0.6) is 0 Å². The summed E-state index contributed by atoms with van der Waals surface area (Å²) in [5, 5.41) is 22.1. The molecular weight excluding hydrogens is 470 g/mol. The van der Waals surface area contributed by atoms with Crippen molar-refractivity contribution in [2.45, 2.75) is 18.8 Å². The maximum absolute atomic E-state index is 13.1. The first-order chi connectivity index (χ1) is 17.2. The van der Waals surface area contributed by atoms with Gasteiger partial charge in [-0.3, -0.25) is 24.2 Å². The third-order valence-electron chi connectivity index (χ3n) is 5.87. The molecule has 4 rings (SSSR count). The Morgan fingerprint density at radius 2 is 2.06 bits per heavy atom. The van der Waals surface area contributed by atoms with Crippen molar-refractivity contribution in [1.82, 2.24) is 4.90 Å². The van der Waals surface area contributed by atoms with Crippen LogP contribution in [0.1, 0.15) is 21.5 Å². The van der Waals surface area contributed by atoms with Gasteiger partial charge in [0.15, 0.2) is 12.2 Å². The number of hydrogen-bond donors (Lipinski definition) is 4. The quantitative estimate of drug-likeness (QED) is 0.408. The van der Waals surface area contributed by atoms with Crippen LogP contribution in [0.15, 0.2) is 47.5 Å². The number of hydrogen-bond acceptors (Lipinski definition) is 8. The van der Waals surface area contributed by atoms with Crippen LogP contribution in [0.4, 0.5) is 11.4 Å². The number of amidine groups is 1. The number of nitrogens with zero attached hydrogens (tertiary/aromatic N) is 3. The number of carbonyl (C=O) groups excluding carboxylic acids is 3. The van der Waals surface area contributed by atoms with Gasteiger partial charge in [-0.05, 0) is 42.0 Å². The average Bonchev–Trinajstić information content (AvgIpc) is 3.22. The van der Waals surface area contributed by atoms with E-state index in [1.165, 1.54) is 24.1 Å². The fourth-order valence-electron chi connectivity index (χ4n) is 4.05. The Morgan fingerprint density at radius 3 is 2.81 bits per heavy atom. The van der Waals surface area contributed by atoms with Crippen molar-refractivity contribution in [3.05, 3.63) is 59.2 Å². The number of carbonyl (C=O) groups is 4. The van der Waals surface area contributed by atoms with Crippen LogP contribution in [-0.2, 0) is 25.7 Å². The molecule has 5 N–H and O–H groups in total. The van der Waals surface area contributed by atoms with E-state index in [0.29, 0.717) is 23.8 Å². The highest BCUT2D eigenvalue weighted by atomic mass is 16.5. The summed E-state index contributed by atoms with van der Waals surface area (Å²) in [6.45, 7) is 0.0969. The first-order valence-electron chi connectivity index (χ1n) is 11.1. The minimum Gasteiger partial charge on any atom is -0.480 e. The Labute approximate surface area is 206 Å². The van der Waals surface area contributed by atoms with E-state index in [-0.39, 0.29) is 18.7 Å². The number of fused-ring (bicyclic) bond motifs is 1. The van der Waals surface area contributed by atoms with Gasteiger partial charge in [-0.1, -0.05) is 6.07 Å². The number of carboxylic acid groups (broad SMARTS) is 1. The molecule has 2 unspecified atom stereocenters. The van der Waals surface area contributed by atoms with Gasteiger partial charge in [-0.25, -0.2) is 0 Å². The molecule has 1 saturated heterocycles. The molecular formula is C24H25N5O7. The number of aliphatic hydroxyl groups excluding tert-OH is 1. The van der Waals surface area contributed by atoms with E-state index in [9.17, 15) is 24.3 Å². The number of carboxylic acids is 1. The maximum atomic E-state index is 13.1. The fraction of sp³-hybridized carbons (Fsp3) is 0.292. The van der Waals surface area contributed by atoms with Crippen LogP contribution in [0.25, 0.3) is 0 Å². The van der Waals surface area contributed by atoms with Gasteiger partial charge in [0.05, 0.1) is 13.2 Å². The van der Waals surface area contributed by atoms with Gasteiger partial charge in [0.2, 0.25) is 0 Å². The first-order valence-corrected chi connectivity index (χ1v) is 11.1. The molecule has 1 fully saturated rings. The molecule has 12 heteroatoms. The largest absolute Gasteiger partial charge is 0.480 e. The molecule has 3 amide bonds. The smallest absolute Gasteiger partial charge is 0.323 e. The Morgan fingerprint density at radius 1 is 1.28 bits per heavy atom. The molecule has 2 aromatic rings. The van der Waals surface area contributed by atoms with Crippen molar-refractivity contribution in [3.63, 3.8) is 0 Å². The average molecular weight is 495 g/mol. The maximum Gasteiger partial charge on any atom is 0.323 e. The van der Waals surface area contributed by atoms with Crippen LogP contribution in [0, 0.1) is 0 Å². The van der Waals surface area contributed by atoms with Gasteiger partial charge in [-0.2, -0.15) is 0 Å². The minimum atomic E-state index is -1.79. The Kier molecular flexibility index (Phi) is 6.99. The summed E-state index contributed by atoms with van der Waals surface area (Å²) in [7, 11) is 1.36. The summed E-state index contributed by atoms with van der Waals surface area (Å²) in [6.07, 6.45) is -3.25. The summed E-state index contributed by atoms with van der Waals surface area (Å²) >= 11 is 0. The van der Waals surface area contributed by atoms with Crippen molar-refractivity contribution in [2.75, 3.05) is 37.0 Å². The topological polar surface area (TPSA) is 175 Å². The van der Waals surface area contributed by atoms with E-state index in [2.05, 4.69) is 10.3 Å². The van der Waals surface area contributed by atoms with E-state index >= 15 is 0 Å². The number of morpholine rings is 1. The number of benzene rings is 2. The summed E-state index contributed by atoms with van der Waals surface area (Å²) in [5.74, 6) is -2.73. The highest BCUT2D eigenvalue weighted by molar-refractivity contribution is 6.05. The third-order valence-corrected chi connectivity index (χ3v) is 5.87. The number of aliphatic imine (C=N–C) groups is 1. The van der Waals surface area contributed by atoms with E-state index in [1.807, 2.05) is 0 Å². The minimum absolute atomic E-state index is 0.0489. The summed E-state index contributed by atoms with van der Waals surface area (Å²) in [6, 6.07) is 11.1. The van der Waals surface area contributed by atoms with Crippen LogP contribution < -0.4 is 16.0 Å². The lowest BCUT2D eigenvalue weighted by molar-refractivity contribution is -0.150. The molecule has 2 heterocycles. The number of likely N-dealkylation sites (N-methyl/N-ethyl adjacent to an activating group) is 1. The molecule has 0 spiro atoms. The zero-order valence-electron chi connectivity index (χ0n) is 19.4. The Balaban J connectivity index is 1.45. The number of nitrogens with one attached hydrogen (secondary N) is 1. The number of aliphatic hydroxyl groups is 1. The van der Waals surface area contributed by atoms with E-state index in [4.69, 9.17) is 15.6 Å². The SMILES string of the molecule is CN(CC(=O)O)C(=O)c1cccc(N2CCOC(C(O)C(=O)Nc3ccc4c(c3)CN=C4N)C2=O)c1. The van der Waals surface area contributed by atoms with Crippen LogP contribution >= 0.6 is 0 Å². The number of rotatable bonds is 7. The highest BCUT2D eigenvalue weighted by Gasteiger charge is 2.39. The van der Waals surface area contributed by atoms with Gasteiger partial charge < -0.3 is 35.8 Å². The second kappa shape index (κ2) is 10.1.